The van der Waals surface area contributed by atoms with Crippen LogP contribution in [0.5, 0.6) is 0 Å². The van der Waals surface area contributed by atoms with Gasteiger partial charge in [-0.25, -0.2) is 4.79 Å². The molecule has 0 aromatic heterocycles. The van der Waals surface area contributed by atoms with E-state index in [2.05, 4.69) is 18.7 Å². The van der Waals surface area contributed by atoms with Crippen LogP contribution in [0, 0.1) is 0 Å². The SMILES string of the molecule is CCN(CC)CCSc1cccc(SC)c1C(=O)O. The van der Waals surface area contributed by atoms with Gasteiger partial charge in [0.25, 0.3) is 0 Å². The fourth-order valence-electron chi connectivity index (χ4n) is 1.84. The standard InChI is InChI=1S/C14H21NO2S2/c1-4-15(5-2)9-10-19-12-8-6-7-11(18-3)13(12)14(16)17/h6-8H,4-5,9-10H2,1-3H3,(H,16,17). The molecule has 0 amide bonds. The highest BCUT2D eigenvalue weighted by molar-refractivity contribution is 8.00. The van der Waals surface area contributed by atoms with Crippen molar-refractivity contribution >= 4 is 29.5 Å². The second kappa shape index (κ2) is 8.51. The number of nitrogens with zero attached hydrogens (tertiary/aromatic N) is 1. The van der Waals surface area contributed by atoms with Crippen LogP contribution in [-0.4, -0.2) is 47.6 Å². The van der Waals surface area contributed by atoms with Crippen molar-refractivity contribution in [1.29, 1.82) is 0 Å². The molecule has 0 bridgehead atoms. The Labute approximate surface area is 123 Å². The number of hydrogen-bond donors (Lipinski definition) is 1. The van der Waals surface area contributed by atoms with Gasteiger partial charge >= 0.3 is 5.97 Å². The maximum absolute atomic E-state index is 11.4. The van der Waals surface area contributed by atoms with Crippen molar-refractivity contribution in [2.75, 3.05) is 31.6 Å². The van der Waals surface area contributed by atoms with Gasteiger partial charge in [0.15, 0.2) is 0 Å². The molecule has 3 nitrogen and oxygen atoms in total. The monoisotopic (exact) mass is 299 g/mol. The van der Waals surface area contributed by atoms with Gasteiger partial charge in [0, 0.05) is 22.1 Å². The van der Waals surface area contributed by atoms with Gasteiger partial charge in [-0.3, -0.25) is 0 Å². The summed E-state index contributed by atoms with van der Waals surface area (Å²) in [6, 6.07) is 5.69. The van der Waals surface area contributed by atoms with Crippen molar-refractivity contribution in [2.24, 2.45) is 0 Å². The van der Waals surface area contributed by atoms with Gasteiger partial charge in [-0.05, 0) is 31.5 Å². The number of benzene rings is 1. The Morgan fingerprint density at radius 2 is 1.89 bits per heavy atom. The van der Waals surface area contributed by atoms with Gasteiger partial charge in [0.1, 0.15) is 0 Å². The van der Waals surface area contributed by atoms with Crippen LogP contribution in [0.2, 0.25) is 0 Å². The summed E-state index contributed by atoms with van der Waals surface area (Å²) in [5, 5.41) is 9.34. The Morgan fingerprint density at radius 3 is 2.42 bits per heavy atom. The first-order chi connectivity index (χ1) is 9.13. The third-order valence-electron chi connectivity index (χ3n) is 2.98. The van der Waals surface area contributed by atoms with E-state index in [-0.39, 0.29) is 0 Å². The molecule has 0 radical (unpaired) electrons. The average molecular weight is 299 g/mol. The minimum absolute atomic E-state index is 0.444. The van der Waals surface area contributed by atoms with Crippen LogP contribution in [0.15, 0.2) is 28.0 Å². The van der Waals surface area contributed by atoms with Gasteiger partial charge in [-0.2, -0.15) is 0 Å². The molecule has 0 spiro atoms. The summed E-state index contributed by atoms with van der Waals surface area (Å²) in [4.78, 5) is 15.4. The highest BCUT2D eigenvalue weighted by Gasteiger charge is 2.15. The predicted molar refractivity (Wildman–Crippen MR) is 83.7 cm³/mol. The third kappa shape index (κ3) is 4.75. The minimum Gasteiger partial charge on any atom is -0.478 e. The second-order valence-corrected chi connectivity index (χ2v) is 6.00. The van der Waals surface area contributed by atoms with Crippen LogP contribution in [0.3, 0.4) is 0 Å². The molecular formula is C14H21NO2S2. The number of thioether (sulfide) groups is 2. The maximum atomic E-state index is 11.4. The van der Waals surface area contributed by atoms with E-state index in [1.165, 1.54) is 11.8 Å². The molecule has 106 valence electrons. The Kier molecular flexibility index (Phi) is 7.34. The number of aromatic carboxylic acids is 1. The van der Waals surface area contributed by atoms with Crippen LogP contribution >= 0.6 is 23.5 Å². The van der Waals surface area contributed by atoms with Crippen molar-refractivity contribution in [2.45, 2.75) is 23.6 Å². The van der Waals surface area contributed by atoms with Crippen molar-refractivity contribution in [3.63, 3.8) is 0 Å². The molecule has 1 rings (SSSR count). The van der Waals surface area contributed by atoms with Gasteiger partial charge in [0.2, 0.25) is 0 Å². The molecule has 0 saturated heterocycles. The highest BCUT2D eigenvalue weighted by Crippen LogP contribution is 2.30. The van der Waals surface area contributed by atoms with Crippen molar-refractivity contribution in [3.05, 3.63) is 23.8 Å². The minimum atomic E-state index is -0.838. The fourth-order valence-corrected chi connectivity index (χ4v) is 3.60. The summed E-state index contributed by atoms with van der Waals surface area (Å²) >= 11 is 3.11. The Bertz CT molecular complexity index is 420. The molecule has 1 aromatic carbocycles. The van der Waals surface area contributed by atoms with E-state index < -0.39 is 5.97 Å². The van der Waals surface area contributed by atoms with E-state index in [1.54, 1.807) is 11.8 Å². The number of carboxylic acids is 1. The van der Waals surface area contributed by atoms with Crippen LogP contribution in [-0.2, 0) is 0 Å². The van der Waals surface area contributed by atoms with Gasteiger partial charge < -0.3 is 10.0 Å². The molecule has 5 heteroatoms. The Balaban J connectivity index is 2.75. The van der Waals surface area contributed by atoms with E-state index in [0.29, 0.717) is 5.56 Å². The van der Waals surface area contributed by atoms with E-state index in [1.807, 2.05) is 24.5 Å². The van der Waals surface area contributed by atoms with Crippen molar-refractivity contribution < 1.29 is 9.90 Å². The molecule has 0 heterocycles. The van der Waals surface area contributed by atoms with Gasteiger partial charge in [0.05, 0.1) is 5.56 Å². The molecule has 1 N–H and O–H groups in total. The fraction of sp³-hybridized carbons (Fsp3) is 0.500. The lowest BCUT2D eigenvalue weighted by Crippen LogP contribution is -2.25. The van der Waals surface area contributed by atoms with E-state index in [9.17, 15) is 9.90 Å². The number of hydrogen-bond acceptors (Lipinski definition) is 4. The molecule has 1 aromatic rings. The largest absolute Gasteiger partial charge is 0.478 e. The van der Waals surface area contributed by atoms with Crippen molar-refractivity contribution in [1.82, 2.24) is 4.90 Å². The number of carboxylic acid groups (broad SMARTS) is 1. The summed E-state index contributed by atoms with van der Waals surface area (Å²) in [6.45, 7) is 7.35. The van der Waals surface area contributed by atoms with Crippen LogP contribution in [0.25, 0.3) is 0 Å². The summed E-state index contributed by atoms with van der Waals surface area (Å²) in [5.74, 6) is 0.0788. The molecular weight excluding hydrogens is 278 g/mol. The summed E-state index contributed by atoms with van der Waals surface area (Å²) in [5.41, 5.74) is 0.444. The van der Waals surface area contributed by atoms with Crippen LogP contribution < -0.4 is 0 Å². The zero-order chi connectivity index (χ0) is 14.3. The second-order valence-electron chi connectivity index (χ2n) is 4.01. The molecule has 0 unspecified atom stereocenters. The third-order valence-corrected chi connectivity index (χ3v) is 4.80. The quantitative estimate of drug-likeness (QED) is 0.744. The number of carbonyl (C=O) groups is 1. The van der Waals surface area contributed by atoms with Crippen molar-refractivity contribution in [3.8, 4) is 0 Å². The summed E-state index contributed by atoms with van der Waals surface area (Å²) in [7, 11) is 0. The molecule has 0 aliphatic rings. The highest BCUT2D eigenvalue weighted by atomic mass is 32.2. The molecule has 0 aliphatic heterocycles. The summed E-state index contributed by atoms with van der Waals surface area (Å²) < 4.78 is 0. The summed E-state index contributed by atoms with van der Waals surface area (Å²) in [6.07, 6.45) is 1.91. The lowest BCUT2D eigenvalue weighted by molar-refractivity contribution is 0.0689. The maximum Gasteiger partial charge on any atom is 0.337 e. The Hall–Kier alpha value is -0.650. The predicted octanol–water partition coefficient (Wildman–Crippen LogP) is 3.54. The molecule has 0 aliphatic carbocycles. The lowest BCUT2D eigenvalue weighted by Gasteiger charge is -2.17. The molecule has 0 saturated carbocycles. The number of rotatable bonds is 8. The lowest BCUT2D eigenvalue weighted by atomic mass is 10.2. The van der Waals surface area contributed by atoms with E-state index in [4.69, 9.17) is 0 Å². The topological polar surface area (TPSA) is 40.5 Å². The van der Waals surface area contributed by atoms with E-state index in [0.717, 1.165) is 35.2 Å². The molecule has 0 fully saturated rings. The van der Waals surface area contributed by atoms with Gasteiger partial charge in [-0.1, -0.05) is 19.9 Å². The molecule has 19 heavy (non-hydrogen) atoms. The first-order valence-corrected chi connectivity index (χ1v) is 8.60. The average Bonchev–Trinajstić information content (AvgIpc) is 2.42. The first kappa shape index (κ1) is 16.4. The zero-order valence-electron chi connectivity index (χ0n) is 11.7. The normalized spacial score (nSPS) is 10.9. The van der Waals surface area contributed by atoms with Gasteiger partial charge in [-0.15, -0.1) is 23.5 Å². The zero-order valence-corrected chi connectivity index (χ0v) is 13.3. The Morgan fingerprint density at radius 1 is 1.26 bits per heavy atom. The smallest absolute Gasteiger partial charge is 0.337 e. The van der Waals surface area contributed by atoms with E-state index >= 15 is 0 Å². The first-order valence-electron chi connectivity index (χ1n) is 6.39. The van der Waals surface area contributed by atoms with Crippen LogP contribution in [0.1, 0.15) is 24.2 Å². The van der Waals surface area contributed by atoms with Crippen LogP contribution in [0.4, 0.5) is 0 Å². The molecule has 0 atom stereocenters.